The van der Waals surface area contributed by atoms with Gasteiger partial charge in [-0.25, -0.2) is 0 Å². The maximum Gasteiger partial charge on any atom is 0.0649 e. The molecule has 0 heterocycles. The molecule has 3 aliphatic rings. The minimum absolute atomic E-state index is 0.146. The topological polar surface area (TPSA) is 58.9 Å². The van der Waals surface area contributed by atoms with Crippen molar-refractivity contribution in [1.82, 2.24) is 0 Å². The summed E-state index contributed by atoms with van der Waals surface area (Å²) in [6, 6.07) is 0. The number of aliphatic hydroxyl groups excluding tert-OH is 2. The Labute approximate surface area is 202 Å². The van der Waals surface area contributed by atoms with Gasteiger partial charge in [0.2, 0.25) is 0 Å². The van der Waals surface area contributed by atoms with E-state index in [4.69, 9.17) is 9.47 Å². The van der Waals surface area contributed by atoms with Gasteiger partial charge in [0.05, 0.1) is 23.9 Å². The zero-order valence-corrected chi connectivity index (χ0v) is 22.3. The van der Waals surface area contributed by atoms with Crippen LogP contribution in [0.5, 0.6) is 0 Å². The summed E-state index contributed by atoms with van der Waals surface area (Å²) >= 11 is 0. The molecule has 0 saturated heterocycles. The van der Waals surface area contributed by atoms with E-state index in [0.29, 0.717) is 48.3 Å². The SMILES string of the molecule is COC(C[C@@H](C)C(C)(C)OC)[C@@H](C)[C@H]1CC[C@H]2/C(=C/C=C3C[C@@H](O)C[C@H](O)C3)CCC[C@]12C. The maximum atomic E-state index is 10.0. The molecule has 8 atom stereocenters. The van der Waals surface area contributed by atoms with Crippen LogP contribution in [0, 0.1) is 29.1 Å². The van der Waals surface area contributed by atoms with E-state index >= 15 is 0 Å². The Hall–Kier alpha value is -0.680. The van der Waals surface area contributed by atoms with Crippen molar-refractivity contribution >= 4 is 0 Å². The second kappa shape index (κ2) is 10.9. The first-order chi connectivity index (χ1) is 15.5. The number of ether oxygens (including phenoxy) is 2. The number of methoxy groups -OCH3 is 2. The summed E-state index contributed by atoms with van der Waals surface area (Å²) in [6.45, 7) is 11.6. The second-order valence-electron chi connectivity index (χ2n) is 12.2. The van der Waals surface area contributed by atoms with Gasteiger partial charge in [-0.2, -0.15) is 0 Å². The lowest BCUT2D eigenvalue weighted by molar-refractivity contribution is -0.0637. The van der Waals surface area contributed by atoms with E-state index in [-0.39, 0.29) is 11.7 Å². The van der Waals surface area contributed by atoms with Crippen molar-refractivity contribution in [3.8, 4) is 0 Å². The summed E-state index contributed by atoms with van der Waals surface area (Å²) in [6.07, 6.45) is 13.2. The van der Waals surface area contributed by atoms with E-state index in [1.165, 1.54) is 37.7 Å². The number of aliphatic hydroxyl groups is 2. The van der Waals surface area contributed by atoms with Crippen LogP contribution < -0.4 is 0 Å². The number of fused-ring (bicyclic) bond motifs is 1. The molecule has 0 aromatic rings. The van der Waals surface area contributed by atoms with Crippen LogP contribution in [0.4, 0.5) is 0 Å². The van der Waals surface area contributed by atoms with Gasteiger partial charge in [-0.1, -0.05) is 44.1 Å². The molecular weight excluding hydrogens is 412 g/mol. The van der Waals surface area contributed by atoms with Gasteiger partial charge >= 0.3 is 0 Å². The minimum atomic E-state index is -0.400. The Balaban J connectivity index is 1.74. The Kier molecular flexibility index (Phi) is 8.92. The smallest absolute Gasteiger partial charge is 0.0649 e. The molecule has 3 fully saturated rings. The molecule has 3 rings (SSSR count). The lowest BCUT2D eigenvalue weighted by atomic mass is 9.60. The van der Waals surface area contributed by atoms with Gasteiger partial charge in [-0.3, -0.25) is 0 Å². The van der Waals surface area contributed by atoms with Crippen molar-refractivity contribution in [2.45, 2.75) is 116 Å². The average molecular weight is 463 g/mol. The molecule has 4 nitrogen and oxygen atoms in total. The second-order valence-corrected chi connectivity index (χ2v) is 12.2. The summed E-state index contributed by atoms with van der Waals surface area (Å²) in [4.78, 5) is 0. The molecular formula is C29H50O4. The third-order valence-electron chi connectivity index (χ3n) is 9.93. The van der Waals surface area contributed by atoms with Crippen molar-refractivity contribution in [2.75, 3.05) is 14.2 Å². The van der Waals surface area contributed by atoms with Crippen molar-refractivity contribution < 1.29 is 19.7 Å². The third-order valence-corrected chi connectivity index (χ3v) is 9.93. The minimum Gasteiger partial charge on any atom is -0.393 e. The largest absolute Gasteiger partial charge is 0.393 e. The lowest BCUT2D eigenvalue weighted by Gasteiger charge is -2.46. The Morgan fingerprint density at radius 2 is 1.76 bits per heavy atom. The van der Waals surface area contributed by atoms with E-state index in [2.05, 4.69) is 46.8 Å². The van der Waals surface area contributed by atoms with Crippen LogP contribution in [0.25, 0.3) is 0 Å². The Morgan fingerprint density at radius 3 is 2.36 bits per heavy atom. The highest BCUT2D eigenvalue weighted by Crippen LogP contribution is 2.60. The number of hydrogen-bond acceptors (Lipinski definition) is 4. The fraction of sp³-hybridized carbons (Fsp3) is 0.862. The first-order valence-electron chi connectivity index (χ1n) is 13.3. The van der Waals surface area contributed by atoms with Crippen LogP contribution in [0.3, 0.4) is 0 Å². The molecule has 190 valence electrons. The van der Waals surface area contributed by atoms with Gasteiger partial charge in [0.25, 0.3) is 0 Å². The fourth-order valence-electron chi connectivity index (χ4n) is 7.29. The van der Waals surface area contributed by atoms with Gasteiger partial charge in [-0.15, -0.1) is 0 Å². The molecule has 3 aliphatic carbocycles. The van der Waals surface area contributed by atoms with Crippen molar-refractivity contribution in [2.24, 2.45) is 29.1 Å². The molecule has 0 amide bonds. The van der Waals surface area contributed by atoms with Crippen LogP contribution in [0.1, 0.15) is 92.4 Å². The molecule has 33 heavy (non-hydrogen) atoms. The van der Waals surface area contributed by atoms with Crippen LogP contribution in [-0.4, -0.2) is 48.3 Å². The lowest BCUT2D eigenvalue weighted by Crippen LogP contribution is -2.42. The average Bonchev–Trinajstić information content (AvgIpc) is 3.12. The first-order valence-corrected chi connectivity index (χ1v) is 13.3. The summed E-state index contributed by atoms with van der Waals surface area (Å²) in [5.41, 5.74) is 2.96. The van der Waals surface area contributed by atoms with Crippen LogP contribution in [0.2, 0.25) is 0 Å². The van der Waals surface area contributed by atoms with Gasteiger partial charge in [0.1, 0.15) is 0 Å². The van der Waals surface area contributed by atoms with Crippen LogP contribution in [-0.2, 0) is 9.47 Å². The van der Waals surface area contributed by atoms with Crippen molar-refractivity contribution in [1.29, 1.82) is 0 Å². The standard InChI is InChI=1S/C29H50O4/c1-19(28(3,4)33-7)15-27(32-6)20(2)25-12-13-26-22(9-8-14-29(25,26)5)11-10-21-16-23(30)18-24(31)17-21/h10-11,19-20,23-27,30-31H,8-9,12-18H2,1-7H3/b22-11+/t19-,20+,23-,24-,25-,26+,27?,29-/m1/s1. The van der Waals surface area contributed by atoms with E-state index in [1.807, 2.05) is 14.2 Å². The maximum absolute atomic E-state index is 10.0. The predicted molar refractivity (Wildman–Crippen MR) is 135 cm³/mol. The highest BCUT2D eigenvalue weighted by atomic mass is 16.5. The summed E-state index contributed by atoms with van der Waals surface area (Å²) < 4.78 is 11.9. The van der Waals surface area contributed by atoms with E-state index in [9.17, 15) is 10.2 Å². The predicted octanol–water partition coefficient (Wildman–Crippen LogP) is 6.06. The summed E-state index contributed by atoms with van der Waals surface area (Å²) in [5, 5.41) is 20.1. The van der Waals surface area contributed by atoms with Gasteiger partial charge in [-0.05, 0) is 101 Å². The molecule has 0 aromatic carbocycles. The molecule has 2 N–H and O–H groups in total. The summed E-state index contributed by atoms with van der Waals surface area (Å²) in [5.74, 6) is 2.25. The molecule has 0 aliphatic heterocycles. The molecule has 3 saturated carbocycles. The van der Waals surface area contributed by atoms with Gasteiger partial charge in [0, 0.05) is 14.2 Å². The highest BCUT2D eigenvalue weighted by Gasteiger charge is 2.52. The zero-order valence-electron chi connectivity index (χ0n) is 22.3. The monoisotopic (exact) mass is 462 g/mol. The summed E-state index contributed by atoms with van der Waals surface area (Å²) in [7, 11) is 3.69. The van der Waals surface area contributed by atoms with Gasteiger partial charge < -0.3 is 19.7 Å². The quantitative estimate of drug-likeness (QED) is 0.460. The van der Waals surface area contributed by atoms with E-state index in [0.717, 1.165) is 6.42 Å². The fourth-order valence-corrected chi connectivity index (χ4v) is 7.29. The normalized spacial score (nSPS) is 37.0. The Morgan fingerprint density at radius 1 is 1.09 bits per heavy atom. The molecule has 0 aromatic heterocycles. The number of rotatable bonds is 8. The number of hydrogen-bond donors (Lipinski definition) is 2. The van der Waals surface area contributed by atoms with Gasteiger partial charge in [0.15, 0.2) is 0 Å². The molecule has 4 heteroatoms. The molecule has 1 unspecified atom stereocenters. The van der Waals surface area contributed by atoms with Crippen molar-refractivity contribution in [3.05, 3.63) is 23.3 Å². The molecule has 0 radical (unpaired) electrons. The first kappa shape index (κ1) is 26.9. The third kappa shape index (κ3) is 5.94. The van der Waals surface area contributed by atoms with Crippen LogP contribution >= 0.6 is 0 Å². The van der Waals surface area contributed by atoms with E-state index < -0.39 is 12.2 Å². The molecule has 0 bridgehead atoms. The highest BCUT2D eigenvalue weighted by molar-refractivity contribution is 5.26. The number of allylic oxidation sites excluding steroid dienone is 3. The zero-order chi connectivity index (χ0) is 24.4. The van der Waals surface area contributed by atoms with E-state index in [1.54, 1.807) is 5.57 Å². The Bertz CT molecular complexity index is 698. The van der Waals surface area contributed by atoms with Crippen LogP contribution in [0.15, 0.2) is 23.3 Å². The van der Waals surface area contributed by atoms with Crippen molar-refractivity contribution in [3.63, 3.8) is 0 Å². The molecule has 0 spiro atoms.